The van der Waals surface area contributed by atoms with Crippen molar-refractivity contribution in [3.05, 3.63) is 64.7 Å². The Morgan fingerprint density at radius 1 is 1.09 bits per heavy atom. The van der Waals surface area contributed by atoms with E-state index in [-0.39, 0.29) is 11.8 Å². The van der Waals surface area contributed by atoms with Gasteiger partial charge in [0.15, 0.2) is 5.78 Å². The maximum atomic E-state index is 12.4. The van der Waals surface area contributed by atoms with Crippen LogP contribution >= 0.6 is 0 Å². The number of hydrogen-bond acceptors (Lipinski definition) is 3. The van der Waals surface area contributed by atoms with E-state index in [0.717, 1.165) is 22.4 Å². The number of nitrogens with one attached hydrogen (secondary N) is 1. The van der Waals surface area contributed by atoms with E-state index >= 15 is 0 Å². The van der Waals surface area contributed by atoms with Gasteiger partial charge in [-0.1, -0.05) is 24.3 Å². The number of benzene rings is 2. The number of ether oxygens (including phenoxy) is 1. The van der Waals surface area contributed by atoms with Crippen LogP contribution in [0.5, 0.6) is 5.75 Å². The fraction of sp³-hybridized carbons (Fsp3) is 0.316. The van der Waals surface area contributed by atoms with E-state index in [1.54, 1.807) is 7.11 Å². The summed E-state index contributed by atoms with van der Waals surface area (Å²) >= 11 is 0. The van der Waals surface area contributed by atoms with E-state index < -0.39 is 0 Å². The van der Waals surface area contributed by atoms with E-state index in [4.69, 9.17) is 4.74 Å². The zero-order chi connectivity index (χ0) is 16.1. The molecule has 0 amide bonds. The first kappa shape index (κ1) is 16.2. The van der Waals surface area contributed by atoms with Crippen LogP contribution in [0.2, 0.25) is 0 Å². The maximum absolute atomic E-state index is 12.4. The Labute approximate surface area is 132 Å². The molecule has 1 N–H and O–H groups in total. The Bertz CT molecular complexity index is 647. The minimum Gasteiger partial charge on any atom is -0.497 e. The second kappa shape index (κ2) is 7.23. The molecule has 3 nitrogen and oxygen atoms in total. The molecule has 2 aromatic carbocycles. The molecule has 0 saturated heterocycles. The van der Waals surface area contributed by atoms with Crippen molar-refractivity contribution in [3.8, 4) is 5.75 Å². The monoisotopic (exact) mass is 297 g/mol. The van der Waals surface area contributed by atoms with Crippen molar-refractivity contribution in [2.75, 3.05) is 7.11 Å². The van der Waals surface area contributed by atoms with Crippen LogP contribution in [-0.4, -0.2) is 18.9 Å². The number of ketones is 1. The van der Waals surface area contributed by atoms with Gasteiger partial charge in [0.05, 0.1) is 13.2 Å². The molecule has 0 aliphatic rings. The largest absolute Gasteiger partial charge is 0.497 e. The number of Topliss-reactive ketones (excluding diaryl/α,β-unsaturated/α-hetero) is 1. The van der Waals surface area contributed by atoms with Gasteiger partial charge in [-0.05, 0) is 55.7 Å². The second-order valence-corrected chi connectivity index (χ2v) is 5.61. The van der Waals surface area contributed by atoms with Crippen LogP contribution in [0.25, 0.3) is 0 Å². The second-order valence-electron chi connectivity index (χ2n) is 5.61. The quantitative estimate of drug-likeness (QED) is 0.827. The third-order valence-corrected chi connectivity index (χ3v) is 3.96. The molecule has 0 aromatic heterocycles. The summed E-state index contributed by atoms with van der Waals surface area (Å²) in [6.45, 7) is 6.64. The van der Waals surface area contributed by atoms with Gasteiger partial charge in [-0.2, -0.15) is 0 Å². The summed E-state index contributed by atoms with van der Waals surface area (Å²) in [7, 11) is 1.65. The zero-order valence-electron chi connectivity index (χ0n) is 13.6. The maximum Gasteiger partial charge on any atom is 0.179 e. The Hall–Kier alpha value is -2.13. The molecule has 0 spiro atoms. The summed E-state index contributed by atoms with van der Waals surface area (Å²) in [6, 6.07) is 13.5. The van der Waals surface area contributed by atoms with Gasteiger partial charge in [-0.25, -0.2) is 0 Å². The van der Waals surface area contributed by atoms with Crippen LogP contribution in [0.15, 0.2) is 42.5 Å². The predicted octanol–water partition coefficient (Wildman–Crippen LogP) is 3.67. The van der Waals surface area contributed by atoms with Crippen LogP contribution in [0.4, 0.5) is 0 Å². The number of carbonyl (C=O) groups is 1. The van der Waals surface area contributed by atoms with Gasteiger partial charge in [0, 0.05) is 12.1 Å². The van der Waals surface area contributed by atoms with E-state index in [2.05, 4.69) is 12.2 Å². The van der Waals surface area contributed by atoms with E-state index in [1.165, 1.54) is 5.56 Å². The molecule has 116 valence electrons. The molecule has 0 radical (unpaired) electrons. The third-order valence-electron chi connectivity index (χ3n) is 3.96. The first-order valence-electron chi connectivity index (χ1n) is 7.49. The molecular formula is C19H23NO2. The van der Waals surface area contributed by atoms with Gasteiger partial charge in [-0.3, -0.25) is 4.79 Å². The summed E-state index contributed by atoms with van der Waals surface area (Å²) in [5, 5.41) is 3.28. The number of rotatable bonds is 6. The fourth-order valence-corrected chi connectivity index (χ4v) is 2.25. The van der Waals surface area contributed by atoms with Crippen molar-refractivity contribution in [2.24, 2.45) is 0 Å². The van der Waals surface area contributed by atoms with E-state index in [0.29, 0.717) is 6.54 Å². The van der Waals surface area contributed by atoms with Gasteiger partial charge in [-0.15, -0.1) is 0 Å². The topological polar surface area (TPSA) is 38.3 Å². The smallest absolute Gasteiger partial charge is 0.179 e. The van der Waals surface area contributed by atoms with Crippen LogP contribution in [0, 0.1) is 13.8 Å². The first-order valence-corrected chi connectivity index (χ1v) is 7.49. The van der Waals surface area contributed by atoms with Gasteiger partial charge >= 0.3 is 0 Å². The lowest BCUT2D eigenvalue weighted by molar-refractivity contribution is 0.0950. The molecule has 0 fully saturated rings. The third kappa shape index (κ3) is 3.95. The van der Waals surface area contributed by atoms with Crippen molar-refractivity contribution < 1.29 is 9.53 Å². The van der Waals surface area contributed by atoms with Crippen molar-refractivity contribution >= 4 is 5.78 Å². The molecule has 0 heterocycles. The van der Waals surface area contributed by atoms with Crippen molar-refractivity contribution in [1.82, 2.24) is 5.32 Å². The predicted molar refractivity (Wildman–Crippen MR) is 89.5 cm³/mol. The first-order chi connectivity index (χ1) is 10.5. The summed E-state index contributed by atoms with van der Waals surface area (Å²) in [5.74, 6) is 0.958. The molecule has 2 aromatic rings. The molecule has 3 heteroatoms. The van der Waals surface area contributed by atoms with Crippen LogP contribution in [0.1, 0.15) is 34.0 Å². The molecule has 0 saturated carbocycles. The number of aryl methyl sites for hydroxylation is 2. The van der Waals surface area contributed by atoms with E-state index in [1.807, 2.05) is 56.3 Å². The average Bonchev–Trinajstić information content (AvgIpc) is 2.55. The molecule has 1 atom stereocenters. The van der Waals surface area contributed by atoms with Crippen molar-refractivity contribution in [1.29, 1.82) is 0 Å². The van der Waals surface area contributed by atoms with Crippen LogP contribution in [-0.2, 0) is 6.54 Å². The lowest BCUT2D eigenvalue weighted by Crippen LogP contribution is -2.33. The van der Waals surface area contributed by atoms with Crippen LogP contribution < -0.4 is 10.1 Å². The minimum absolute atomic E-state index is 0.122. The Morgan fingerprint density at radius 3 is 2.36 bits per heavy atom. The number of carbonyl (C=O) groups excluding carboxylic acids is 1. The van der Waals surface area contributed by atoms with E-state index in [9.17, 15) is 4.79 Å². The summed E-state index contributed by atoms with van der Waals surface area (Å²) < 4.78 is 5.14. The fourth-order valence-electron chi connectivity index (χ4n) is 2.25. The van der Waals surface area contributed by atoms with Gasteiger partial charge in [0.1, 0.15) is 5.75 Å². The molecule has 0 aliphatic carbocycles. The molecule has 2 rings (SSSR count). The Kier molecular flexibility index (Phi) is 5.34. The number of hydrogen-bond donors (Lipinski definition) is 1. The lowest BCUT2D eigenvalue weighted by Gasteiger charge is -2.14. The van der Waals surface area contributed by atoms with Crippen molar-refractivity contribution in [2.45, 2.75) is 33.4 Å². The highest BCUT2D eigenvalue weighted by molar-refractivity contribution is 6.00. The van der Waals surface area contributed by atoms with Gasteiger partial charge in [0.25, 0.3) is 0 Å². The standard InChI is InChI=1S/C19H23NO2/c1-13-5-8-17(11-14(13)2)19(21)15(3)20-12-16-6-9-18(22-4)10-7-16/h5-11,15,20H,12H2,1-4H3. The molecule has 1 unspecified atom stereocenters. The molecule has 22 heavy (non-hydrogen) atoms. The normalized spacial score (nSPS) is 12.0. The molecule has 0 aliphatic heterocycles. The summed E-state index contributed by atoms with van der Waals surface area (Å²) in [6.07, 6.45) is 0. The zero-order valence-corrected chi connectivity index (χ0v) is 13.6. The average molecular weight is 297 g/mol. The number of methoxy groups -OCH3 is 1. The highest BCUT2D eigenvalue weighted by Gasteiger charge is 2.15. The molecular weight excluding hydrogens is 274 g/mol. The minimum atomic E-state index is -0.218. The Balaban J connectivity index is 1.97. The summed E-state index contributed by atoms with van der Waals surface area (Å²) in [5.41, 5.74) is 4.24. The van der Waals surface area contributed by atoms with Crippen molar-refractivity contribution in [3.63, 3.8) is 0 Å². The molecule has 0 bridgehead atoms. The summed E-state index contributed by atoms with van der Waals surface area (Å²) in [4.78, 5) is 12.4. The lowest BCUT2D eigenvalue weighted by atomic mass is 10.0. The highest BCUT2D eigenvalue weighted by Crippen LogP contribution is 2.13. The van der Waals surface area contributed by atoms with Crippen LogP contribution in [0.3, 0.4) is 0 Å². The Morgan fingerprint density at radius 2 is 1.77 bits per heavy atom. The highest BCUT2D eigenvalue weighted by atomic mass is 16.5. The SMILES string of the molecule is COc1ccc(CNC(C)C(=O)c2ccc(C)c(C)c2)cc1. The van der Waals surface area contributed by atoms with Gasteiger partial charge < -0.3 is 10.1 Å². The van der Waals surface area contributed by atoms with Gasteiger partial charge in [0.2, 0.25) is 0 Å².